The molecule has 0 aliphatic heterocycles. The molecular formula is C23H20N4O5. The summed E-state index contributed by atoms with van der Waals surface area (Å²) >= 11 is 0. The molecule has 3 amide bonds. The van der Waals surface area contributed by atoms with Crippen LogP contribution in [0.5, 0.6) is 11.5 Å². The van der Waals surface area contributed by atoms with E-state index in [9.17, 15) is 19.5 Å². The van der Waals surface area contributed by atoms with Crippen molar-refractivity contribution < 1.29 is 24.2 Å². The van der Waals surface area contributed by atoms with Gasteiger partial charge >= 0.3 is 11.8 Å². The molecule has 0 fully saturated rings. The first-order valence-corrected chi connectivity index (χ1v) is 9.44. The Labute approximate surface area is 183 Å². The summed E-state index contributed by atoms with van der Waals surface area (Å²) in [6, 6.07) is 19.6. The van der Waals surface area contributed by atoms with Gasteiger partial charge in [0.25, 0.3) is 5.91 Å². The van der Waals surface area contributed by atoms with Crippen LogP contribution in [0.3, 0.4) is 0 Å². The summed E-state index contributed by atoms with van der Waals surface area (Å²) in [6.07, 6.45) is 1.29. The molecule has 3 rings (SSSR count). The number of rotatable bonds is 6. The number of methoxy groups -OCH3 is 1. The highest BCUT2D eigenvalue weighted by Gasteiger charge is 2.17. The van der Waals surface area contributed by atoms with Gasteiger partial charge in [-0.3, -0.25) is 14.4 Å². The maximum absolute atomic E-state index is 12.6. The zero-order valence-corrected chi connectivity index (χ0v) is 17.0. The van der Waals surface area contributed by atoms with E-state index < -0.39 is 17.7 Å². The number of carbonyl (C=O) groups excluding carboxylic acids is 3. The molecular weight excluding hydrogens is 412 g/mol. The highest BCUT2D eigenvalue weighted by molar-refractivity contribution is 6.40. The van der Waals surface area contributed by atoms with Crippen LogP contribution in [0.1, 0.15) is 15.9 Å². The molecule has 9 heteroatoms. The van der Waals surface area contributed by atoms with E-state index in [-0.39, 0.29) is 22.7 Å². The maximum Gasteiger partial charge on any atom is 0.329 e. The largest absolute Gasteiger partial charge is 0.504 e. The molecule has 0 aromatic heterocycles. The minimum atomic E-state index is -1.02. The predicted molar refractivity (Wildman–Crippen MR) is 120 cm³/mol. The van der Waals surface area contributed by atoms with Gasteiger partial charge in [-0.2, -0.15) is 5.10 Å². The molecule has 0 aliphatic carbocycles. The number of hydrogen-bond acceptors (Lipinski definition) is 6. The number of ether oxygens (including phenoxy) is 1. The van der Waals surface area contributed by atoms with Crippen molar-refractivity contribution >= 4 is 35.3 Å². The first-order chi connectivity index (χ1) is 15.5. The maximum atomic E-state index is 12.6. The molecule has 3 aromatic rings. The van der Waals surface area contributed by atoms with Gasteiger partial charge in [0.2, 0.25) is 0 Å². The van der Waals surface area contributed by atoms with Gasteiger partial charge in [-0.25, -0.2) is 5.43 Å². The number of phenols is 1. The molecule has 0 heterocycles. The van der Waals surface area contributed by atoms with Crippen molar-refractivity contribution in [3.8, 4) is 11.5 Å². The fourth-order valence-corrected chi connectivity index (χ4v) is 2.68. The van der Waals surface area contributed by atoms with Crippen LogP contribution in [0.15, 0.2) is 77.9 Å². The third kappa shape index (κ3) is 5.70. The summed E-state index contributed by atoms with van der Waals surface area (Å²) in [5.41, 5.74) is 3.60. The summed E-state index contributed by atoms with van der Waals surface area (Å²) in [7, 11) is 1.40. The highest BCUT2D eigenvalue weighted by Crippen LogP contribution is 2.25. The Morgan fingerprint density at radius 2 is 1.62 bits per heavy atom. The summed E-state index contributed by atoms with van der Waals surface area (Å²) in [5, 5.41) is 18.4. The number of aromatic hydroxyl groups is 1. The van der Waals surface area contributed by atoms with Gasteiger partial charge in [-0.05, 0) is 48.0 Å². The second-order valence-electron chi connectivity index (χ2n) is 6.45. The molecule has 162 valence electrons. The minimum Gasteiger partial charge on any atom is -0.504 e. The predicted octanol–water partition coefficient (Wildman–Crippen LogP) is 2.74. The summed E-state index contributed by atoms with van der Waals surface area (Å²) in [5.74, 6) is -2.26. The van der Waals surface area contributed by atoms with Crippen LogP contribution in [0.4, 0.5) is 11.4 Å². The van der Waals surface area contributed by atoms with E-state index in [0.29, 0.717) is 11.3 Å². The smallest absolute Gasteiger partial charge is 0.329 e. The molecule has 0 bridgehead atoms. The molecule has 4 N–H and O–H groups in total. The van der Waals surface area contributed by atoms with Gasteiger partial charge < -0.3 is 20.5 Å². The lowest BCUT2D eigenvalue weighted by molar-refractivity contribution is -0.136. The van der Waals surface area contributed by atoms with E-state index in [1.54, 1.807) is 42.5 Å². The summed E-state index contributed by atoms with van der Waals surface area (Å²) in [4.78, 5) is 36.9. The van der Waals surface area contributed by atoms with Crippen LogP contribution in [0.2, 0.25) is 0 Å². The molecule has 3 aromatic carbocycles. The number of phenolic OH excluding ortho intramolecular Hbond substituents is 1. The third-order valence-electron chi connectivity index (χ3n) is 4.24. The van der Waals surface area contributed by atoms with Crippen LogP contribution in [-0.2, 0) is 9.59 Å². The van der Waals surface area contributed by atoms with Crippen LogP contribution >= 0.6 is 0 Å². The lowest BCUT2D eigenvalue weighted by Gasteiger charge is -2.11. The first kappa shape index (κ1) is 22.0. The SMILES string of the molecule is COc1cc(/C=N/NC(=O)C(=O)Nc2ccccc2C(=O)Nc2ccccc2)ccc1O. The fourth-order valence-electron chi connectivity index (χ4n) is 2.68. The number of carbonyl (C=O) groups is 3. The molecule has 0 saturated carbocycles. The standard InChI is InChI=1S/C23H20N4O5/c1-32-20-13-15(11-12-19(20)28)14-24-27-23(31)22(30)26-18-10-6-5-9-17(18)21(29)25-16-7-3-2-4-8-16/h2-14,28H,1H3,(H,25,29)(H,26,30)(H,27,31)/b24-14+. The topological polar surface area (TPSA) is 129 Å². The van der Waals surface area contributed by atoms with Crippen molar-refractivity contribution in [1.29, 1.82) is 0 Å². The van der Waals surface area contributed by atoms with Crippen LogP contribution in [0, 0.1) is 0 Å². The second kappa shape index (κ2) is 10.4. The van der Waals surface area contributed by atoms with Gasteiger partial charge in [0.15, 0.2) is 11.5 Å². The number of benzene rings is 3. The van der Waals surface area contributed by atoms with Gasteiger partial charge in [0, 0.05) is 5.69 Å². The van der Waals surface area contributed by atoms with Crippen LogP contribution in [-0.4, -0.2) is 36.2 Å². The number of nitrogens with zero attached hydrogens (tertiary/aromatic N) is 1. The number of anilines is 2. The van der Waals surface area contributed by atoms with E-state index in [0.717, 1.165) is 0 Å². The Morgan fingerprint density at radius 1 is 0.906 bits per heavy atom. The second-order valence-corrected chi connectivity index (χ2v) is 6.45. The molecule has 0 radical (unpaired) electrons. The number of nitrogens with one attached hydrogen (secondary N) is 3. The Morgan fingerprint density at radius 3 is 2.38 bits per heavy atom. The Balaban J connectivity index is 1.63. The van der Waals surface area contributed by atoms with Gasteiger partial charge in [-0.1, -0.05) is 30.3 Å². The molecule has 9 nitrogen and oxygen atoms in total. The van der Waals surface area contributed by atoms with E-state index in [4.69, 9.17) is 4.74 Å². The molecule has 0 aliphatic rings. The number of hydrogen-bond donors (Lipinski definition) is 4. The van der Waals surface area contributed by atoms with Crippen LogP contribution < -0.4 is 20.8 Å². The Kier molecular flexibility index (Phi) is 7.16. The zero-order chi connectivity index (χ0) is 22.9. The number of para-hydroxylation sites is 2. The van der Waals surface area contributed by atoms with Gasteiger partial charge in [0.05, 0.1) is 24.6 Å². The average molecular weight is 432 g/mol. The third-order valence-corrected chi connectivity index (χ3v) is 4.24. The summed E-state index contributed by atoms with van der Waals surface area (Å²) < 4.78 is 4.99. The fraction of sp³-hybridized carbons (Fsp3) is 0.0435. The van der Waals surface area contributed by atoms with E-state index in [2.05, 4.69) is 21.2 Å². The van der Waals surface area contributed by atoms with Gasteiger partial charge in [-0.15, -0.1) is 0 Å². The highest BCUT2D eigenvalue weighted by atomic mass is 16.5. The molecule has 0 atom stereocenters. The first-order valence-electron chi connectivity index (χ1n) is 9.44. The van der Waals surface area contributed by atoms with E-state index >= 15 is 0 Å². The van der Waals surface area contributed by atoms with Crippen molar-refractivity contribution in [1.82, 2.24) is 5.43 Å². The van der Waals surface area contributed by atoms with Crippen molar-refractivity contribution in [2.45, 2.75) is 0 Å². The van der Waals surface area contributed by atoms with E-state index in [1.807, 2.05) is 6.07 Å². The van der Waals surface area contributed by atoms with Crippen molar-refractivity contribution in [2.24, 2.45) is 5.10 Å². The van der Waals surface area contributed by atoms with Gasteiger partial charge in [0.1, 0.15) is 0 Å². The van der Waals surface area contributed by atoms with Crippen LogP contribution in [0.25, 0.3) is 0 Å². The number of amides is 3. The van der Waals surface area contributed by atoms with Crippen molar-refractivity contribution in [3.05, 3.63) is 83.9 Å². The quantitative estimate of drug-likeness (QED) is 0.270. The lowest BCUT2D eigenvalue weighted by atomic mass is 10.1. The zero-order valence-electron chi connectivity index (χ0n) is 17.0. The molecule has 0 unspecified atom stereocenters. The minimum absolute atomic E-state index is 0.0389. The average Bonchev–Trinajstić information content (AvgIpc) is 2.81. The van der Waals surface area contributed by atoms with Crippen molar-refractivity contribution in [3.63, 3.8) is 0 Å². The van der Waals surface area contributed by atoms with E-state index in [1.165, 1.54) is 37.6 Å². The monoisotopic (exact) mass is 432 g/mol. The summed E-state index contributed by atoms with van der Waals surface area (Å²) in [6.45, 7) is 0. The lowest BCUT2D eigenvalue weighted by Crippen LogP contribution is -2.33. The Hall–Kier alpha value is -4.66. The number of hydrazone groups is 1. The molecule has 0 spiro atoms. The molecule has 32 heavy (non-hydrogen) atoms. The Bertz CT molecular complexity index is 1160. The normalized spacial score (nSPS) is 10.4. The van der Waals surface area contributed by atoms with Crippen molar-refractivity contribution in [2.75, 3.05) is 17.7 Å². The molecule has 0 saturated heterocycles.